The molecule has 1 rings (SSSR count). The van der Waals surface area contributed by atoms with E-state index in [0.29, 0.717) is 0 Å². The highest BCUT2D eigenvalue weighted by Gasteiger charge is 2.08. The molecule has 1 aliphatic heterocycles. The molecule has 1 heterocycles. The summed E-state index contributed by atoms with van der Waals surface area (Å²) in [5, 5.41) is 6.13. The van der Waals surface area contributed by atoms with Gasteiger partial charge in [-0.25, -0.2) is 0 Å². The molecule has 0 aromatic rings. The summed E-state index contributed by atoms with van der Waals surface area (Å²) in [7, 11) is 0. The van der Waals surface area contributed by atoms with Gasteiger partial charge in [-0.2, -0.15) is 0 Å². The minimum Gasteiger partial charge on any atom is -0.313 e. The first kappa shape index (κ1) is 8.88. The molecule has 4 heteroatoms. The molecule has 0 amide bonds. The summed E-state index contributed by atoms with van der Waals surface area (Å²) in [6.07, 6.45) is 0.937. The molecule has 54 valence electrons. The molecule has 1 saturated heterocycles. The molecular formula is C5H11ClN2O. The van der Waals surface area contributed by atoms with Crippen molar-refractivity contribution in [2.75, 3.05) is 19.6 Å². The Morgan fingerprint density at radius 2 is 2.22 bits per heavy atom. The van der Waals surface area contributed by atoms with Crippen molar-refractivity contribution in [2.24, 2.45) is 0 Å². The van der Waals surface area contributed by atoms with Gasteiger partial charge in [-0.05, 0) is 0 Å². The maximum absolute atomic E-state index is 10.1. The van der Waals surface area contributed by atoms with Crippen molar-refractivity contribution in [3.05, 3.63) is 0 Å². The average molecular weight is 151 g/mol. The fourth-order valence-corrected chi connectivity index (χ4v) is 0.772. The summed E-state index contributed by atoms with van der Waals surface area (Å²) in [5.41, 5.74) is 0. The van der Waals surface area contributed by atoms with Gasteiger partial charge in [-0.1, -0.05) is 0 Å². The van der Waals surface area contributed by atoms with Gasteiger partial charge in [-0.15, -0.1) is 12.4 Å². The van der Waals surface area contributed by atoms with E-state index in [1.54, 1.807) is 0 Å². The van der Waals surface area contributed by atoms with Crippen LogP contribution in [0.15, 0.2) is 0 Å². The topological polar surface area (TPSA) is 41.1 Å². The number of carbonyl (C=O) groups is 1. The first-order valence-corrected chi connectivity index (χ1v) is 2.83. The summed E-state index contributed by atoms with van der Waals surface area (Å²) < 4.78 is 0. The number of piperazine rings is 1. The van der Waals surface area contributed by atoms with Crippen LogP contribution in [0.1, 0.15) is 0 Å². The molecule has 0 saturated carbocycles. The monoisotopic (exact) mass is 150 g/mol. The van der Waals surface area contributed by atoms with E-state index in [1.165, 1.54) is 0 Å². The Bertz CT molecular complexity index is 83.0. The molecule has 3 nitrogen and oxygen atoms in total. The number of carbonyl (C=O) groups excluding carboxylic acids is 1. The number of hydrogen-bond acceptors (Lipinski definition) is 3. The lowest BCUT2D eigenvalue weighted by Gasteiger charge is -2.18. The van der Waals surface area contributed by atoms with Gasteiger partial charge in [0.05, 0.1) is 6.04 Å². The van der Waals surface area contributed by atoms with Crippen LogP contribution in [0, 0.1) is 0 Å². The molecule has 0 bridgehead atoms. The highest BCUT2D eigenvalue weighted by molar-refractivity contribution is 5.85. The predicted octanol–water partition coefficient (Wildman–Crippen LogP) is -0.831. The Balaban J connectivity index is 0.000000640. The van der Waals surface area contributed by atoms with Crippen LogP contribution in [0.3, 0.4) is 0 Å². The van der Waals surface area contributed by atoms with Crippen molar-refractivity contribution in [2.45, 2.75) is 6.04 Å². The van der Waals surface area contributed by atoms with Crippen molar-refractivity contribution in [1.29, 1.82) is 0 Å². The molecule has 0 aromatic carbocycles. The molecule has 2 N–H and O–H groups in total. The standard InChI is InChI=1S/C5H10N2O.ClH/c8-4-5-3-6-1-2-7-5;/h4-7H,1-3H2;1H. The highest BCUT2D eigenvalue weighted by Crippen LogP contribution is 1.79. The predicted molar refractivity (Wildman–Crippen MR) is 38.0 cm³/mol. The van der Waals surface area contributed by atoms with E-state index < -0.39 is 0 Å². The third-order valence-electron chi connectivity index (χ3n) is 1.24. The van der Waals surface area contributed by atoms with Crippen LogP contribution in [0.5, 0.6) is 0 Å². The Hall–Kier alpha value is -0.120. The quantitative estimate of drug-likeness (QED) is 0.480. The Morgan fingerprint density at radius 3 is 2.56 bits per heavy atom. The second-order valence-corrected chi connectivity index (χ2v) is 1.90. The fourth-order valence-electron chi connectivity index (χ4n) is 0.772. The van der Waals surface area contributed by atoms with Gasteiger partial charge in [0.15, 0.2) is 0 Å². The lowest BCUT2D eigenvalue weighted by Crippen LogP contribution is -2.48. The van der Waals surface area contributed by atoms with E-state index in [9.17, 15) is 4.79 Å². The summed E-state index contributed by atoms with van der Waals surface area (Å²) >= 11 is 0. The van der Waals surface area contributed by atoms with Gasteiger partial charge < -0.3 is 15.4 Å². The van der Waals surface area contributed by atoms with Gasteiger partial charge in [0, 0.05) is 19.6 Å². The van der Waals surface area contributed by atoms with E-state index in [-0.39, 0.29) is 18.4 Å². The lowest BCUT2D eigenvalue weighted by atomic mass is 10.3. The summed E-state index contributed by atoms with van der Waals surface area (Å²) in [5.74, 6) is 0. The van der Waals surface area contributed by atoms with Crippen LogP contribution < -0.4 is 10.6 Å². The number of nitrogens with one attached hydrogen (secondary N) is 2. The Morgan fingerprint density at radius 1 is 1.44 bits per heavy atom. The van der Waals surface area contributed by atoms with Crippen LogP contribution in [0.25, 0.3) is 0 Å². The van der Waals surface area contributed by atoms with Gasteiger partial charge in [0.25, 0.3) is 0 Å². The average Bonchev–Trinajstić information content (AvgIpc) is 1.90. The molecule has 0 aliphatic carbocycles. The SMILES string of the molecule is Cl.O=CC1CNCCN1. The minimum absolute atomic E-state index is 0. The second-order valence-electron chi connectivity index (χ2n) is 1.90. The smallest absolute Gasteiger partial charge is 0.138 e. The van der Waals surface area contributed by atoms with Crippen LogP contribution in [0.4, 0.5) is 0 Å². The second kappa shape index (κ2) is 4.73. The summed E-state index contributed by atoms with van der Waals surface area (Å²) in [4.78, 5) is 10.1. The van der Waals surface area contributed by atoms with Crippen LogP contribution in [-0.2, 0) is 4.79 Å². The maximum Gasteiger partial charge on any atom is 0.138 e. The number of aldehydes is 1. The van der Waals surface area contributed by atoms with E-state index in [4.69, 9.17) is 0 Å². The zero-order valence-electron chi connectivity index (χ0n) is 5.09. The molecule has 0 radical (unpaired) electrons. The van der Waals surface area contributed by atoms with Crippen molar-refractivity contribution in [1.82, 2.24) is 10.6 Å². The lowest BCUT2D eigenvalue weighted by molar-refractivity contribution is -0.109. The van der Waals surface area contributed by atoms with Gasteiger partial charge >= 0.3 is 0 Å². The van der Waals surface area contributed by atoms with Crippen LogP contribution in [-0.4, -0.2) is 32.0 Å². The maximum atomic E-state index is 10.1. The molecule has 9 heavy (non-hydrogen) atoms. The first-order chi connectivity index (χ1) is 3.93. The Labute approximate surface area is 60.6 Å². The van der Waals surface area contributed by atoms with Crippen molar-refractivity contribution in [3.63, 3.8) is 0 Å². The van der Waals surface area contributed by atoms with Gasteiger partial charge in [0.2, 0.25) is 0 Å². The molecule has 0 aromatic heterocycles. The molecule has 1 aliphatic rings. The van der Waals surface area contributed by atoms with E-state index in [2.05, 4.69) is 10.6 Å². The van der Waals surface area contributed by atoms with Crippen LogP contribution in [0.2, 0.25) is 0 Å². The zero-order chi connectivity index (χ0) is 5.82. The molecular weight excluding hydrogens is 140 g/mol. The van der Waals surface area contributed by atoms with Gasteiger partial charge in [0.1, 0.15) is 6.29 Å². The Kier molecular flexibility index (Phi) is 4.67. The van der Waals surface area contributed by atoms with E-state index >= 15 is 0 Å². The fraction of sp³-hybridized carbons (Fsp3) is 0.800. The summed E-state index contributed by atoms with van der Waals surface area (Å²) in [6.45, 7) is 2.66. The number of rotatable bonds is 1. The first-order valence-electron chi connectivity index (χ1n) is 2.83. The minimum atomic E-state index is 0. The largest absolute Gasteiger partial charge is 0.313 e. The normalized spacial score (nSPS) is 26.4. The van der Waals surface area contributed by atoms with Crippen molar-refractivity contribution < 1.29 is 4.79 Å². The highest BCUT2D eigenvalue weighted by atomic mass is 35.5. The van der Waals surface area contributed by atoms with E-state index in [1.807, 2.05) is 0 Å². The summed E-state index contributed by atoms with van der Waals surface area (Å²) in [6, 6.07) is 0.0451. The third kappa shape index (κ3) is 2.79. The van der Waals surface area contributed by atoms with Crippen molar-refractivity contribution in [3.8, 4) is 0 Å². The van der Waals surface area contributed by atoms with Gasteiger partial charge in [-0.3, -0.25) is 0 Å². The molecule has 1 unspecified atom stereocenters. The molecule has 1 fully saturated rings. The van der Waals surface area contributed by atoms with Crippen LogP contribution >= 0.6 is 12.4 Å². The molecule has 1 atom stereocenters. The molecule has 0 spiro atoms. The van der Waals surface area contributed by atoms with E-state index in [0.717, 1.165) is 25.9 Å². The zero-order valence-corrected chi connectivity index (χ0v) is 5.91. The van der Waals surface area contributed by atoms with Crippen molar-refractivity contribution >= 4 is 18.7 Å². The number of hydrogen-bond donors (Lipinski definition) is 2. The third-order valence-corrected chi connectivity index (χ3v) is 1.24. The number of halogens is 1.